The maximum absolute atomic E-state index is 13.4. The van der Waals surface area contributed by atoms with Crippen LogP contribution in [0.5, 0.6) is 0 Å². The molecular weight excluding hydrogens is 283 g/mol. The van der Waals surface area contributed by atoms with Crippen LogP contribution in [0.25, 0.3) is 5.69 Å². The number of aryl methyl sites for hydroxylation is 1. The summed E-state index contributed by atoms with van der Waals surface area (Å²) < 4.78 is 15.3. The molecule has 0 fully saturated rings. The third-order valence-corrected chi connectivity index (χ3v) is 3.97. The van der Waals surface area contributed by atoms with Crippen molar-refractivity contribution >= 4 is 5.91 Å². The number of nitrogens with zero attached hydrogens (tertiary/aromatic N) is 2. The largest absolute Gasteiger partial charge is 0.394 e. The molecule has 5 heteroatoms. The molecule has 0 saturated carbocycles. The number of aliphatic hydroxyl groups excluding tert-OH is 1. The average Bonchev–Trinajstić information content (AvgIpc) is 2.79. The van der Waals surface area contributed by atoms with Crippen LogP contribution < -0.4 is 0 Å². The van der Waals surface area contributed by atoms with E-state index in [4.69, 9.17) is 0 Å². The molecule has 0 spiro atoms. The van der Waals surface area contributed by atoms with Gasteiger partial charge in [0.05, 0.1) is 18.2 Å². The topological polar surface area (TPSA) is 45.5 Å². The Kier molecular flexibility index (Phi) is 4.66. The summed E-state index contributed by atoms with van der Waals surface area (Å²) in [5, 5.41) is 9.20. The predicted molar refractivity (Wildman–Crippen MR) is 83.8 cm³/mol. The van der Waals surface area contributed by atoms with Crippen LogP contribution in [0.3, 0.4) is 0 Å². The molecule has 0 bridgehead atoms. The van der Waals surface area contributed by atoms with Crippen molar-refractivity contribution < 1.29 is 14.3 Å². The average molecular weight is 304 g/mol. The number of halogens is 1. The van der Waals surface area contributed by atoms with E-state index in [2.05, 4.69) is 0 Å². The molecule has 2 aromatic rings. The number of aromatic nitrogens is 1. The Morgan fingerprint density at radius 3 is 2.64 bits per heavy atom. The van der Waals surface area contributed by atoms with E-state index in [0.29, 0.717) is 11.3 Å². The van der Waals surface area contributed by atoms with Gasteiger partial charge in [-0.3, -0.25) is 4.79 Å². The number of rotatable bonds is 4. The SMILES string of the molecule is Cc1cc(C(=O)N(C)C(C)CO)c(C)n1-c1cccc(F)c1. The standard InChI is InChI=1S/C17H21FN2O2/c1-11-8-16(17(22)19(4)12(2)10-21)13(3)20(11)15-7-5-6-14(18)9-15/h5-9,12,21H,10H2,1-4H3. The van der Waals surface area contributed by atoms with E-state index in [0.717, 1.165) is 11.4 Å². The summed E-state index contributed by atoms with van der Waals surface area (Å²) >= 11 is 0. The maximum atomic E-state index is 13.4. The van der Waals surface area contributed by atoms with Gasteiger partial charge in [0.2, 0.25) is 0 Å². The Labute approximate surface area is 129 Å². The van der Waals surface area contributed by atoms with Gasteiger partial charge in [0.1, 0.15) is 5.82 Å². The number of carbonyl (C=O) groups excluding carboxylic acids is 1. The molecule has 4 nitrogen and oxygen atoms in total. The van der Waals surface area contributed by atoms with Gasteiger partial charge in [0.25, 0.3) is 5.91 Å². The normalized spacial score (nSPS) is 12.3. The van der Waals surface area contributed by atoms with Crippen molar-refractivity contribution in [1.82, 2.24) is 9.47 Å². The number of likely N-dealkylation sites (N-methyl/N-ethyl adjacent to an activating group) is 1. The molecule has 2 rings (SSSR count). The lowest BCUT2D eigenvalue weighted by Gasteiger charge is -2.23. The van der Waals surface area contributed by atoms with Gasteiger partial charge in [-0.2, -0.15) is 0 Å². The minimum absolute atomic E-state index is 0.0924. The monoisotopic (exact) mass is 304 g/mol. The minimum atomic E-state index is -0.316. The van der Waals surface area contributed by atoms with Crippen molar-refractivity contribution in [3.05, 3.63) is 53.1 Å². The first-order chi connectivity index (χ1) is 10.4. The lowest BCUT2D eigenvalue weighted by Crippen LogP contribution is -2.37. The van der Waals surface area contributed by atoms with E-state index >= 15 is 0 Å². The Bertz CT molecular complexity index is 694. The zero-order valence-corrected chi connectivity index (χ0v) is 13.3. The molecule has 0 aliphatic carbocycles. The van der Waals surface area contributed by atoms with Crippen molar-refractivity contribution in [2.45, 2.75) is 26.8 Å². The summed E-state index contributed by atoms with van der Waals surface area (Å²) in [5.74, 6) is -0.471. The van der Waals surface area contributed by atoms with Crippen molar-refractivity contribution in [2.24, 2.45) is 0 Å². The van der Waals surface area contributed by atoms with Crippen molar-refractivity contribution in [3.8, 4) is 5.69 Å². The van der Waals surface area contributed by atoms with Crippen molar-refractivity contribution in [1.29, 1.82) is 0 Å². The Morgan fingerprint density at radius 1 is 1.36 bits per heavy atom. The van der Waals surface area contributed by atoms with Crippen LogP contribution in [0.2, 0.25) is 0 Å². The highest BCUT2D eigenvalue weighted by Crippen LogP contribution is 2.22. The summed E-state index contributed by atoms with van der Waals surface area (Å²) in [6.07, 6.45) is 0. The highest BCUT2D eigenvalue weighted by Gasteiger charge is 2.22. The maximum Gasteiger partial charge on any atom is 0.255 e. The second-order valence-corrected chi connectivity index (χ2v) is 5.55. The summed E-state index contributed by atoms with van der Waals surface area (Å²) in [4.78, 5) is 14.1. The Balaban J connectivity index is 2.46. The van der Waals surface area contributed by atoms with Crippen molar-refractivity contribution in [2.75, 3.05) is 13.7 Å². The first-order valence-corrected chi connectivity index (χ1v) is 7.19. The molecule has 1 aromatic heterocycles. The van der Waals surface area contributed by atoms with Gasteiger partial charge in [-0.15, -0.1) is 0 Å². The van der Waals surface area contributed by atoms with E-state index < -0.39 is 0 Å². The molecule has 1 aromatic carbocycles. The molecule has 1 atom stereocenters. The van der Waals surface area contributed by atoms with Gasteiger partial charge >= 0.3 is 0 Å². The third kappa shape index (κ3) is 2.90. The number of hydrogen-bond donors (Lipinski definition) is 1. The predicted octanol–water partition coefficient (Wildman–Crippen LogP) is 2.69. The molecule has 0 aliphatic heterocycles. The molecule has 1 unspecified atom stereocenters. The summed E-state index contributed by atoms with van der Waals surface area (Å²) in [7, 11) is 1.66. The van der Waals surface area contributed by atoms with Crippen LogP contribution in [-0.4, -0.2) is 40.2 Å². The number of amides is 1. The zero-order chi connectivity index (χ0) is 16.4. The molecule has 22 heavy (non-hydrogen) atoms. The molecule has 0 saturated heterocycles. The fourth-order valence-corrected chi connectivity index (χ4v) is 2.50. The van der Waals surface area contributed by atoms with Crippen LogP contribution >= 0.6 is 0 Å². The summed E-state index contributed by atoms with van der Waals surface area (Å²) in [5.41, 5.74) is 2.86. The molecule has 1 amide bonds. The molecule has 1 heterocycles. The first kappa shape index (κ1) is 16.2. The quantitative estimate of drug-likeness (QED) is 0.944. The Morgan fingerprint density at radius 2 is 2.05 bits per heavy atom. The van der Waals surface area contributed by atoms with Gasteiger partial charge < -0.3 is 14.6 Å². The molecular formula is C17H21FN2O2. The second-order valence-electron chi connectivity index (χ2n) is 5.55. The van der Waals surface area contributed by atoms with Gasteiger partial charge in [-0.1, -0.05) is 6.07 Å². The molecule has 118 valence electrons. The van der Waals surface area contributed by atoms with Crippen molar-refractivity contribution in [3.63, 3.8) is 0 Å². The molecule has 1 N–H and O–H groups in total. The van der Waals surface area contributed by atoms with E-state index in [1.165, 1.54) is 17.0 Å². The van der Waals surface area contributed by atoms with E-state index in [1.54, 1.807) is 32.2 Å². The number of hydrogen-bond acceptors (Lipinski definition) is 2. The van der Waals surface area contributed by atoms with Gasteiger partial charge in [-0.05, 0) is 45.0 Å². The lowest BCUT2D eigenvalue weighted by molar-refractivity contribution is 0.0681. The summed E-state index contributed by atoms with van der Waals surface area (Å²) in [6.45, 7) is 5.40. The van der Waals surface area contributed by atoms with Crippen LogP contribution in [0.1, 0.15) is 28.7 Å². The first-order valence-electron chi connectivity index (χ1n) is 7.19. The zero-order valence-electron chi connectivity index (χ0n) is 13.3. The van der Waals surface area contributed by atoms with Crippen LogP contribution in [-0.2, 0) is 0 Å². The van der Waals surface area contributed by atoms with E-state index in [-0.39, 0.29) is 24.4 Å². The lowest BCUT2D eigenvalue weighted by atomic mass is 10.2. The molecule has 0 aliphatic rings. The van der Waals surface area contributed by atoms with E-state index in [9.17, 15) is 14.3 Å². The van der Waals surface area contributed by atoms with Crippen LogP contribution in [0.15, 0.2) is 30.3 Å². The minimum Gasteiger partial charge on any atom is -0.394 e. The summed E-state index contributed by atoms with van der Waals surface area (Å²) in [6, 6.07) is 7.81. The fraction of sp³-hybridized carbons (Fsp3) is 0.353. The van der Waals surface area contributed by atoms with Crippen LogP contribution in [0, 0.1) is 19.7 Å². The Hall–Kier alpha value is -2.14. The second kappa shape index (κ2) is 6.32. The number of carbonyl (C=O) groups is 1. The van der Waals surface area contributed by atoms with Crippen LogP contribution in [0.4, 0.5) is 4.39 Å². The smallest absolute Gasteiger partial charge is 0.255 e. The van der Waals surface area contributed by atoms with Gasteiger partial charge in [-0.25, -0.2) is 4.39 Å². The molecule has 0 radical (unpaired) electrons. The number of aliphatic hydroxyl groups is 1. The number of benzene rings is 1. The fourth-order valence-electron chi connectivity index (χ4n) is 2.50. The van der Waals surface area contributed by atoms with Gasteiger partial charge in [0.15, 0.2) is 0 Å². The van der Waals surface area contributed by atoms with Gasteiger partial charge in [0, 0.05) is 24.1 Å². The van der Waals surface area contributed by atoms with E-state index in [1.807, 2.05) is 18.4 Å². The highest BCUT2D eigenvalue weighted by atomic mass is 19.1. The third-order valence-electron chi connectivity index (χ3n) is 3.97. The highest BCUT2D eigenvalue weighted by molar-refractivity contribution is 5.96.